The van der Waals surface area contributed by atoms with Crippen molar-refractivity contribution in [3.8, 4) is 0 Å². The van der Waals surface area contributed by atoms with E-state index in [2.05, 4.69) is 4.72 Å². The molecule has 0 radical (unpaired) electrons. The van der Waals surface area contributed by atoms with Gasteiger partial charge in [0.1, 0.15) is 0 Å². The van der Waals surface area contributed by atoms with Crippen LogP contribution in [0.2, 0.25) is 0 Å². The van der Waals surface area contributed by atoms with E-state index >= 15 is 0 Å². The fourth-order valence-corrected chi connectivity index (χ4v) is 3.47. The minimum Gasteiger partial charge on any atom is -0.390 e. The molecular weight excluding hydrogens is 252 g/mol. The zero-order valence-corrected chi connectivity index (χ0v) is 11.6. The van der Waals surface area contributed by atoms with Crippen LogP contribution in [0.3, 0.4) is 0 Å². The molecular formula is C12H20N2O3S. The van der Waals surface area contributed by atoms with Crippen LogP contribution >= 0.6 is 0 Å². The highest BCUT2D eigenvalue weighted by Crippen LogP contribution is 2.33. The number of aromatic nitrogens is 1. The van der Waals surface area contributed by atoms with Crippen LogP contribution in [0.15, 0.2) is 17.2 Å². The van der Waals surface area contributed by atoms with Gasteiger partial charge in [-0.25, -0.2) is 13.1 Å². The Balaban J connectivity index is 2.08. The number of rotatable bonds is 6. The van der Waals surface area contributed by atoms with Gasteiger partial charge < -0.3 is 9.67 Å². The Labute approximate surface area is 108 Å². The maximum atomic E-state index is 12.1. The van der Waals surface area contributed by atoms with Crippen molar-refractivity contribution in [1.29, 1.82) is 0 Å². The van der Waals surface area contributed by atoms with Crippen LogP contribution in [0.25, 0.3) is 0 Å². The highest BCUT2D eigenvalue weighted by Gasteiger charge is 2.26. The number of nitrogens with zero attached hydrogens (tertiary/aromatic N) is 1. The Morgan fingerprint density at radius 2 is 2.22 bits per heavy atom. The van der Waals surface area contributed by atoms with Crippen LogP contribution in [0, 0.1) is 5.92 Å². The first-order chi connectivity index (χ1) is 8.42. The molecule has 1 unspecified atom stereocenters. The van der Waals surface area contributed by atoms with Crippen molar-refractivity contribution in [2.24, 2.45) is 13.0 Å². The molecule has 18 heavy (non-hydrogen) atoms. The van der Waals surface area contributed by atoms with E-state index in [4.69, 9.17) is 5.11 Å². The van der Waals surface area contributed by atoms with Crippen molar-refractivity contribution in [3.05, 3.63) is 18.0 Å². The topological polar surface area (TPSA) is 71.3 Å². The van der Waals surface area contributed by atoms with Crippen molar-refractivity contribution in [3.63, 3.8) is 0 Å². The smallest absolute Gasteiger partial charge is 0.242 e. The average Bonchev–Trinajstić information content (AvgIpc) is 2.97. The van der Waals surface area contributed by atoms with Gasteiger partial charge >= 0.3 is 0 Å². The van der Waals surface area contributed by atoms with Crippen LogP contribution in [0.4, 0.5) is 0 Å². The molecule has 5 nitrogen and oxygen atoms in total. The summed E-state index contributed by atoms with van der Waals surface area (Å²) >= 11 is 0. The molecule has 0 saturated heterocycles. The molecule has 0 spiro atoms. The number of aliphatic hydroxyl groups excluding tert-OH is 1. The first-order valence-corrected chi connectivity index (χ1v) is 7.69. The largest absolute Gasteiger partial charge is 0.390 e. The predicted octanol–water partition coefficient (Wildman–Crippen LogP) is 0.984. The second kappa shape index (κ2) is 5.03. The van der Waals surface area contributed by atoms with Gasteiger partial charge in [-0.1, -0.05) is 12.8 Å². The molecule has 102 valence electrons. The molecule has 1 aliphatic carbocycles. The summed E-state index contributed by atoms with van der Waals surface area (Å²) in [5.41, 5.74) is 0.588. The van der Waals surface area contributed by atoms with E-state index in [0.29, 0.717) is 11.6 Å². The van der Waals surface area contributed by atoms with E-state index < -0.39 is 10.0 Å². The zero-order valence-electron chi connectivity index (χ0n) is 10.8. The lowest BCUT2D eigenvalue weighted by Gasteiger charge is -2.12. The highest BCUT2D eigenvalue weighted by molar-refractivity contribution is 7.89. The van der Waals surface area contributed by atoms with E-state index in [1.807, 2.05) is 6.92 Å². The number of hydrogen-bond acceptors (Lipinski definition) is 3. The first kappa shape index (κ1) is 13.6. The maximum absolute atomic E-state index is 12.1. The average molecular weight is 272 g/mol. The third-order valence-electron chi connectivity index (χ3n) is 3.30. The molecule has 1 aromatic rings. The molecule has 1 fully saturated rings. The summed E-state index contributed by atoms with van der Waals surface area (Å²) < 4.78 is 28.6. The molecule has 2 N–H and O–H groups in total. The van der Waals surface area contributed by atoms with Gasteiger partial charge in [0.15, 0.2) is 0 Å². The van der Waals surface area contributed by atoms with Crippen LogP contribution in [-0.4, -0.2) is 24.1 Å². The van der Waals surface area contributed by atoms with Gasteiger partial charge in [0.2, 0.25) is 10.0 Å². The van der Waals surface area contributed by atoms with Crippen LogP contribution in [-0.2, 0) is 23.7 Å². The number of sulfonamides is 1. The Morgan fingerprint density at radius 3 is 2.72 bits per heavy atom. The van der Waals surface area contributed by atoms with Gasteiger partial charge in [0.25, 0.3) is 0 Å². The van der Waals surface area contributed by atoms with Crippen molar-refractivity contribution in [2.45, 2.75) is 43.7 Å². The first-order valence-electron chi connectivity index (χ1n) is 6.21. The second-order valence-corrected chi connectivity index (χ2v) is 6.85. The van der Waals surface area contributed by atoms with Crippen molar-refractivity contribution < 1.29 is 13.5 Å². The summed E-state index contributed by atoms with van der Waals surface area (Å²) in [5.74, 6) is 0.687. The van der Waals surface area contributed by atoms with Gasteiger partial charge in [0, 0.05) is 25.0 Å². The standard InChI is InChI=1S/C12H20N2O3S/c1-9(5-10-3-4-10)13-18(16,17)12-6-11(8-15)14(2)7-12/h6-7,9-10,13,15H,3-5,8H2,1-2H3. The number of nitrogens with one attached hydrogen (secondary N) is 1. The third-order valence-corrected chi connectivity index (χ3v) is 4.85. The van der Waals surface area contributed by atoms with Crippen LogP contribution < -0.4 is 4.72 Å². The number of aryl methyl sites for hydroxylation is 1. The lowest BCUT2D eigenvalue weighted by atomic mass is 10.2. The number of aliphatic hydroxyl groups is 1. The molecule has 0 aliphatic heterocycles. The predicted molar refractivity (Wildman–Crippen MR) is 68.5 cm³/mol. The summed E-state index contributed by atoms with van der Waals surface area (Å²) in [4.78, 5) is 0.219. The van der Waals surface area contributed by atoms with Crippen LogP contribution in [0.5, 0.6) is 0 Å². The van der Waals surface area contributed by atoms with Crippen molar-refractivity contribution in [1.82, 2.24) is 9.29 Å². The molecule has 6 heteroatoms. The quantitative estimate of drug-likeness (QED) is 0.811. The molecule has 1 heterocycles. The van der Waals surface area contributed by atoms with Gasteiger partial charge in [-0.3, -0.25) is 0 Å². The maximum Gasteiger partial charge on any atom is 0.242 e. The Kier molecular flexibility index (Phi) is 3.79. The molecule has 1 aromatic heterocycles. The van der Waals surface area contributed by atoms with E-state index in [-0.39, 0.29) is 17.5 Å². The van der Waals surface area contributed by atoms with Gasteiger partial charge in [0.05, 0.1) is 11.5 Å². The molecule has 1 aliphatic rings. The van der Waals surface area contributed by atoms with Crippen molar-refractivity contribution in [2.75, 3.05) is 0 Å². The normalized spacial score (nSPS) is 17.9. The Bertz CT molecular complexity index is 517. The fourth-order valence-electron chi connectivity index (χ4n) is 2.12. The lowest BCUT2D eigenvalue weighted by Crippen LogP contribution is -2.32. The summed E-state index contributed by atoms with van der Waals surface area (Å²) in [7, 11) is -1.75. The van der Waals surface area contributed by atoms with Crippen LogP contribution in [0.1, 0.15) is 31.9 Å². The molecule has 2 rings (SSSR count). The SMILES string of the molecule is CC(CC1CC1)NS(=O)(=O)c1cc(CO)n(C)c1. The third kappa shape index (κ3) is 3.13. The van der Waals surface area contributed by atoms with Crippen molar-refractivity contribution >= 4 is 10.0 Å². The summed E-state index contributed by atoms with van der Waals surface area (Å²) in [6, 6.07) is 1.46. The minimum atomic E-state index is -3.47. The van der Waals surface area contributed by atoms with E-state index in [1.165, 1.54) is 25.1 Å². The lowest BCUT2D eigenvalue weighted by molar-refractivity contribution is 0.272. The van der Waals surface area contributed by atoms with E-state index in [1.54, 1.807) is 11.6 Å². The van der Waals surface area contributed by atoms with Gasteiger partial charge in [-0.15, -0.1) is 0 Å². The second-order valence-electron chi connectivity index (χ2n) is 5.14. The highest BCUT2D eigenvalue weighted by atomic mass is 32.2. The molecule has 1 saturated carbocycles. The van der Waals surface area contributed by atoms with Gasteiger partial charge in [-0.05, 0) is 25.3 Å². The monoisotopic (exact) mass is 272 g/mol. The Hall–Kier alpha value is -0.850. The molecule has 0 amide bonds. The van der Waals surface area contributed by atoms with Gasteiger partial charge in [-0.2, -0.15) is 0 Å². The zero-order chi connectivity index (χ0) is 13.3. The summed E-state index contributed by atoms with van der Waals surface area (Å²) in [6.45, 7) is 1.73. The molecule has 1 atom stereocenters. The molecule has 0 bridgehead atoms. The molecule has 0 aromatic carbocycles. The summed E-state index contributed by atoms with van der Waals surface area (Å²) in [6.07, 6.45) is 4.86. The minimum absolute atomic E-state index is 0.0414. The van der Waals surface area contributed by atoms with E-state index in [0.717, 1.165) is 6.42 Å². The fraction of sp³-hybridized carbons (Fsp3) is 0.667. The van der Waals surface area contributed by atoms with E-state index in [9.17, 15) is 8.42 Å². The Morgan fingerprint density at radius 1 is 1.56 bits per heavy atom. The summed E-state index contributed by atoms with van der Waals surface area (Å²) in [5, 5.41) is 9.07. The number of hydrogen-bond donors (Lipinski definition) is 2.